The van der Waals surface area contributed by atoms with E-state index in [1.54, 1.807) is 0 Å². The number of carbonyl (C=O) groups excluding carboxylic acids is 2. The highest BCUT2D eigenvalue weighted by molar-refractivity contribution is 7.53. The molecule has 1 amide bonds. The van der Waals surface area contributed by atoms with Gasteiger partial charge in [-0.05, 0) is 12.8 Å². The van der Waals surface area contributed by atoms with Crippen LogP contribution in [0.3, 0.4) is 0 Å². The van der Waals surface area contributed by atoms with Crippen LogP contribution in [0.2, 0.25) is 0 Å². The quantitative estimate of drug-likeness (QED) is 0.0707. The largest absolute Gasteiger partial charge is 0.469 e. The lowest BCUT2D eigenvalue weighted by molar-refractivity contribution is -0.310. The van der Waals surface area contributed by atoms with Crippen LogP contribution in [0.25, 0.3) is 0 Å². The zero-order valence-corrected chi connectivity index (χ0v) is 23.4. The molecule has 2 aliphatic rings. The molecule has 0 saturated carbocycles. The third kappa shape index (κ3) is 9.79. The Morgan fingerprint density at radius 3 is 2.26 bits per heavy atom. The van der Waals surface area contributed by atoms with Gasteiger partial charge < -0.3 is 59.2 Å². The van der Waals surface area contributed by atoms with Gasteiger partial charge in [-0.2, -0.15) is 0 Å². The lowest BCUT2D eigenvalue weighted by Gasteiger charge is -2.47. The Bertz CT molecular complexity index is 721. The highest BCUT2D eigenvalue weighted by Gasteiger charge is 2.51. The minimum atomic E-state index is -2.42. The van der Waals surface area contributed by atoms with Crippen LogP contribution in [0.4, 0.5) is 0 Å². The fraction of sp³-hybridized carbons (Fsp3) is 0.909. The second-order valence-electron chi connectivity index (χ2n) is 9.12. The average molecular weight is 590 g/mol. The van der Waals surface area contributed by atoms with Crippen molar-refractivity contribution < 1.29 is 63.5 Å². The molecule has 0 aromatic rings. The van der Waals surface area contributed by atoms with Gasteiger partial charge in [0.15, 0.2) is 18.4 Å². The first-order chi connectivity index (χ1) is 18.1. The summed E-state index contributed by atoms with van der Waals surface area (Å²) in [6, 6.07) is -1.08. The predicted octanol–water partition coefficient (Wildman–Crippen LogP) is -0.831. The first-order valence-electron chi connectivity index (χ1n) is 12.6. The number of ether oxygens (including phenoxy) is 5. The third-order valence-electron chi connectivity index (χ3n) is 6.26. The van der Waals surface area contributed by atoms with Crippen molar-refractivity contribution in [1.29, 1.82) is 0 Å². The van der Waals surface area contributed by atoms with E-state index in [-0.39, 0.29) is 12.6 Å². The van der Waals surface area contributed by atoms with Crippen LogP contribution in [0.5, 0.6) is 0 Å². The smallest absolute Gasteiger partial charge is 0.305 e. The van der Waals surface area contributed by atoms with Crippen molar-refractivity contribution >= 4 is 28.8 Å². The van der Waals surface area contributed by atoms with Crippen LogP contribution in [0.15, 0.2) is 0 Å². The molecular weight excluding hydrogens is 548 g/mol. The van der Waals surface area contributed by atoms with Crippen molar-refractivity contribution in [1.82, 2.24) is 5.32 Å². The normalized spacial score (nSPS) is 35.9. The number of methoxy groups -OCH3 is 1. The molecule has 2 saturated heterocycles. The van der Waals surface area contributed by atoms with Crippen LogP contribution < -0.4 is 5.32 Å². The SMILES string of the molecule is COC(=O)CCCCCCCCO[C@@H]1O[C@H](CO)[C@@H](O)[C@H](O[C@@H]2O[C@H](PO)[C@H](O)[P@](O)[C@H]2O)[C@H]1NC(C)=O. The average Bonchev–Trinajstić information content (AvgIpc) is 2.90. The number of nitrogens with one attached hydrogen (secondary N) is 1. The van der Waals surface area contributed by atoms with Crippen molar-refractivity contribution in [3.63, 3.8) is 0 Å². The van der Waals surface area contributed by atoms with Gasteiger partial charge in [-0.25, -0.2) is 0 Å². The van der Waals surface area contributed by atoms with Gasteiger partial charge in [0, 0.05) is 28.8 Å². The molecule has 16 heteroatoms. The van der Waals surface area contributed by atoms with E-state index in [1.165, 1.54) is 14.0 Å². The summed E-state index contributed by atoms with van der Waals surface area (Å²) in [5.41, 5.74) is 0. The van der Waals surface area contributed by atoms with Gasteiger partial charge in [0.1, 0.15) is 36.0 Å². The standard InChI is InChI=1S/C22H41NO13P2/c1-12(25)23-15-17(35-21-18(28)38(31)19(29)22(36-21)37-30)16(27)13(11-24)34-20(15)33-10-8-6-4-3-5-7-9-14(26)32-2/h13,15-22,24,27-31,37H,3-11H2,1-2H3,(H,23,25)/t13-,15-,16-,17-,18-,19-,20-,21-,22-,38-/m1/s1. The minimum Gasteiger partial charge on any atom is -0.469 e. The van der Waals surface area contributed by atoms with Gasteiger partial charge in [-0.3, -0.25) is 9.59 Å². The summed E-state index contributed by atoms with van der Waals surface area (Å²) >= 11 is 0. The maximum absolute atomic E-state index is 12.0. The zero-order valence-electron chi connectivity index (χ0n) is 21.5. The molecule has 2 aliphatic heterocycles. The van der Waals surface area contributed by atoms with Crippen molar-refractivity contribution in [3.8, 4) is 0 Å². The topological polar surface area (TPSA) is 214 Å². The van der Waals surface area contributed by atoms with E-state index < -0.39 is 83.9 Å². The summed E-state index contributed by atoms with van der Waals surface area (Å²) in [7, 11) is -1.97. The second-order valence-corrected chi connectivity index (χ2v) is 11.8. The Hall–Kier alpha value is -0.600. The molecular formula is C22H41NO13P2. The van der Waals surface area contributed by atoms with Gasteiger partial charge in [0.2, 0.25) is 5.91 Å². The van der Waals surface area contributed by atoms with Gasteiger partial charge in [0.05, 0.1) is 21.9 Å². The monoisotopic (exact) mass is 589 g/mol. The van der Waals surface area contributed by atoms with Crippen LogP contribution in [-0.2, 0) is 33.3 Å². The molecule has 7 N–H and O–H groups in total. The fourth-order valence-electron chi connectivity index (χ4n) is 4.20. The molecule has 0 spiro atoms. The molecule has 0 aromatic heterocycles. The molecule has 11 atom stereocenters. The first-order valence-corrected chi connectivity index (χ1v) is 15.0. The number of rotatable bonds is 15. The summed E-state index contributed by atoms with van der Waals surface area (Å²) in [6.07, 6.45) is -1.16. The molecule has 0 aromatic carbocycles. The van der Waals surface area contributed by atoms with Crippen molar-refractivity contribution in [2.45, 2.75) is 106 Å². The Morgan fingerprint density at radius 2 is 1.66 bits per heavy atom. The summed E-state index contributed by atoms with van der Waals surface area (Å²) in [5.74, 6) is -5.08. The first kappa shape index (κ1) is 33.6. The number of carbonyl (C=O) groups is 2. The predicted molar refractivity (Wildman–Crippen MR) is 135 cm³/mol. The summed E-state index contributed by atoms with van der Waals surface area (Å²) in [4.78, 5) is 42.8. The van der Waals surface area contributed by atoms with Crippen molar-refractivity contribution in [2.24, 2.45) is 0 Å². The van der Waals surface area contributed by atoms with Crippen LogP contribution in [0.1, 0.15) is 51.9 Å². The molecule has 2 heterocycles. The molecule has 0 radical (unpaired) electrons. The molecule has 0 bridgehead atoms. The van der Waals surface area contributed by atoms with Gasteiger partial charge in [-0.1, -0.05) is 25.7 Å². The Labute approximate surface area is 224 Å². The van der Waals surface area contributed by atoms with Crippen LogP contribution in [-0.4, -0.2) is 117 Å². The third-order valence-corrected chi connectivity index (χ3v) is 8.85. The summed E-state index contributed by atoms with van der Waals surface area (Å²) in [5, 5.41) is 43.6. The number of esters is 1. The maximum Gasteiger partial charge on any atom is 0.305 e. The lowest BCUT2D eigenvalue weighted by Crippen LogP contribution is -2.66. The van der Waals surface area contributed by atoms with E-state index in [0.29, 0.717) is 12.8 Å². The molecule has 14 nitrogen and oxygen atoms in total. The van der Waals surface area contributed by atoms with E-state index in [4.69, 9.17) is 18.9 Å². The molecule has 222 valence electrons. The minimum absolute atomic E-state index is 0.221. The highest BCUT2D eigenvalue weighted by Crippen LogP contribution is 2.51. The zero-order chi connectivity index (χ0) is 28.2. The summed E-state index contributed by atoms with van der Waals surface area (Å²) in [6.45, 7) is 0.894. The van der Waals surface area contributed by atoms with E-state index in [1.807, 2.05) is 0 Å². The van der Waals surface area contributed by atoms with Crippen LogP contribution >= 0.6 is 17.0 Å². The van der Waals surface area contributed by atoms with E-state index in [0.717, 1.165) is 32.1 Å². The van der Waals surface area contributed by atoms with E-state index in [9.17, 15) is 39.8 Å². The summed E-state index contributed by atoms with van der Waals surface area (Å²) < 4.78 is 27.4. The maximum atomic E-state index is 12.0. The lowest BCUT2D eigenvalue weighted by atomic mass is 9.96. The number of amides is 1. The second kappa shape index (κ2) is 17.3. The molecule has 0 aliphatic carbocycles. The molecule has 1 unspecified atom stereocenters. The van der Waals surface area contributed by atoms with Gasteiger partial charge in [0.25, 0.3) is 0 Å². The van der Waals surface area contributed by atoms with Crippen LogP contribution in [0, 0.1) is 0 Å². The van der Waals surface area contributed by atoms with Gasteiger partial charge in [-0.15, -0.1) is 0 Å². The van der Waals surface area contributed by atoms with Crippen molar-refractivity contribution in [3.05, 3.63) is 0 Å². The number of aliphatic hydroxyl groups excluding tert-OH is 4. The van der Waals surface area contributed by atoms with Gasteiger partial charge >= 0.3 is 5.97 Å². The number of hydrogen-bond acceptors (Lipinski definition) is 13. The fourth-order valence-corrected chi connectivity index (χ4v) is 6.24. The van der Waals surface area contributed by atoms with Crippen molar-refractivity contribution in [2.75, 3.05) is 20.3 Å². The number of aliphatic hydroxyl groups is 4. The molecule has 38 heavy (non-hydrogen) atoms. The van der Waals surface area contributed by atoms with E-state index >= 15 is 0 Å². The number of hydrogen-bond donors (Lipinski definition) is 7. The Kier molecular flexibility index (Phi) is 15.3. The molecule has 2 fully saturated rings. The molecule has 2 rings (SSSR count). The Balaban J connectivity index is 1.97. The van der Waals surface area contributed by atoms with E-state index in [2.05, 4.69) is 10.1 Å². The number of unbranched alkanes of at least 4 members (excludes halogenated alkanes) is 5. The Morgan fingerprint density at radius 1 is 1.00 bits per heavy atom. The highest BCUT2D eigenvalue weighted by atomic mass is 31.1.